The second-order valence-corrected chi connectivity index (χ2v) is 7.38. The van der Waals surface area contributed by atoms with Gasteiger partial charge in [-0.3, -0.25) is 4.79 Å². The third kappa shape index (κ3) is 4.36. The monoisotopic (exact) mass is 320 g/mol. The molecule has 0 aliphatic heterocycles. The number of allylic oxidation sites excluding steroid dienone is 2. The van der Waals surface area contributed by atoms with Gasteiger partial charge in [0, 0.05) is 5.02 Å². The van der Waals surface area contributed by atoms with E-state index in [0.29, 0.717) is 0 Å². The summed E-state index contributed by atoms with van der Waals surface area (Å²) in [5, 5.41) is 0.723. The minimum atomic E-state index is -0.470. The van der Waals surface area contributed by atoms with Crippen LogP contribution in [0.5, 0.6) is 0 Å². The number of ether oxygens (including phenoxy) is 1. The van der Waals surface area contributed by atoms with E-state index >= 15 is 0 Å². The van der Waals surface area contributed by atoms with Crippen LogP contribution in [0, 0.1) is 0 Å². The normalized spacial score (nSPS) is 16.9. The predicted octanol–water partition coefficient (Wildman–Crippen LogP) is 5.74. The van der Waals surface area contributed by atoms with Gasteiger partial charge in [0.05, 0.1) is 5.92 Å². The number of rotatable bonds is 3. The zero-order chi connectivity index (χ0) is 16.3. The Balaban J connectivity index is 2.18. The Labute approximate surface area is 138 Å². The molecule has 3 heteroatoms. The van der Waals surface area contributed by atoms with Crippen molar-refractivity contribution in [3.63, 3.8) is 0 Å². The zero-order valence-corrected chi connectivity index (χ0v) is 14.7. The van der Waals surface area contributed by atoms with Gasteiger partial charge >= 0.3 is 5.97 Å². The van der Waals surface area contributed by atoms with Crippen molar-refractivity contribution in [2.24, 2.45) is 0 Å². The van der Waals surface area contributed by atoms with Crippen LogP contribution in [-0.2, 0) is 9.53 Å². The van der Waals surface area contributed by atoms with Gasteiger partial charge in [-0.05, 0) is 76.1 Å². The summed E-state index contributed by atoms with van der Waals surface area (Å²) in [7, 11) is 0. The van der Waals surface area contributed by atoms with Crippen molar-refractivity contribution in [1.29, 1.82) is 0 Å². The van der Waals surface area contributed by atoms with E-state index in [2.05, 4.69) is 6.08 Å². The molecule has 0 saturated heterocycles. The largest absolute Gasteiger partial charge is 0.460 e. The topological polar surface area (TPSA) is 26.3 Å². The molecule has 2 rings (SSSR count). The highest BCUT2D eigenvalue weighted by molar-refractivity contribution is 6.32. The number of halogens is 1. The second-order valence-electron chi connectivity index (χ2n) is 6.97. The number of benzene rings is 1. The predicted molar refractivity (Wildman–Crippen MR) is 92.2 cm³/mol. The lowest BCUT2D eigenvalue weighted by molar-refractivity contribution is -0.156. The Kier molecular flexibility index (Phi) is 5.33. The van der Waals surface area contributed by atoms with Gasteiger partial charge in [-0.15, -0.1) is 0 Å². The molecule has 0 N–H and O–H groups in total. The van der Waals surface area contributed by atoms with Gasteiger partial charge in [-0.2, -0.15) is 0 Å². The molecule has 1 unspecified atom stereocenters. The van der Waals surface area contributed by atoms with Crippen molar-refractivity contribution in [3.8, 4) is 0 Å². The molecule has 0 bridgehead atoms. The summed E-state index contributed by atoms with van der Waals surface area (Å²) in [6.07, 6.45) is 6.97. The highest BCUT2D eigenvalue weighted by Gasteiger charge is 2.23. The molecule has 1 aliphatic carbocycles. The maximum atomic E-state index is 12.2. The van der Waals surface area contributed by atoms with E-state index in [1.54, 1.807) is 0 Å². The minimum absolute atomic E-state index is 0.215. The smallest absolute Gasteiger partial charge is 0.313 e. The first-order valence-corrected chi connectivity index (χ1v) is 8.37. The molecule has 0 aromatic heterocycles. The second kappa shape index (κ2) is 6.87. The van der Waals surface area contributed by atoms with Gasteiger partial charge in [0.15, 0.2) is 0 Å². The molecule has 120 valence electrons. The summed E-state index contributed by atoms with van der Waals surface area (Å²) < 4.78 is 5.45. The Morgan fingerprint density at radius 3 is 2.55 bits per heavy atom. The van der Waals surface area contributed by atoms with Crippen LogP contribution in [0.2, 0.25) is 5.02 Å². The summed E-state index contributed by atoms with van der Waals surface area (Å²) in [5.74, 6) is -0.528. The molecule has 1 aliphatic rings. The van der Waals surface area contributed by atoms with Crippen LogP contribution in [0.25, 0.3) is 5.57 Å². The minimum Gasteiger partial charge on any atom is -0.460 e. The molecule has 0 fully saturated rings. The first-order valence-electron chi connectivity index (χ1n) is 7.99. The van der Waals surface area contributed by atoms with E-state index in [1.165, 1.54) is 18.4 Å². The fraction of sp³-hybridized carbons (Fsp3) is 0.526. The van der Waals surface area contributed by atoms with Gasteiger partial charge in [0.25, 0.3) is 0 Å². The van der Waals surface area contributed by atoms with Crippen LogP contribution in [0.4, 0.5) is 0 Å². The molecular formula is C19H25ClO2. The van der Waals surface area contributed by atoms with E-state index in [9.17, 15) is 4.79 Å². The van der Waals surface area contributed by atoms with Gasteiger partial charge in [0.2, 0.25) is 0 Å². The van der Waals surface area contributed by atoms with Crippen LogP contribution in [0.15, 0.2) is 24.3 Å². The van der Waals surface area contributed by atoms with Crippen molar-refractivity contribution < 1.29 is 9.53 Å². The first-order chi connectivity index (χ1) is 10.3. The van der Waals surface area contributed by atoms with Crippen molar-refractivity contribution in [2.75, 3.05) is 0 Å². The van der Waals surface area contributed by atoms with Crippen LogP contribution in [0.3, 0.4) is 0 Å². The lowest BCUT2D eigenvalue weighted by Gasteiger charge is -2.23. The Morgan fingerprint density at radius 1 is 1.27 bits per heavy atom. The van der Waals surface area contributed by atoms with E-state index < -0.39 is 5.60 Å². The highest BCUT2D eigenvalue weighted by atomic mass is 35.5. The van der Waals surface area contributed by atoms with Crippen molar-refractivity contribution in [3.05, 3.63) is 40.4 Å². The summed E-state index contributed by atoms with van der Waals surface area (Å²) in [6.45, 7) is 7.50. The summed E-state index contributed by atoms with van der Waals surface area (Å²) >= 11 is 6.45. The molecule has 0 heterocycles. The first kappa shape index (κ1) is 17.1. The lowest BCUT2D eigenvalue weighted by Crippen LogP contribution is -2.26. The molecule has 0 spiro atoms. The molecule has 1 atom stereocenters. The Morgan fingerprint density at radius 2 is 2.00 bits per heavy atom. The molecular weight excluding hydrogens is 296 g/mol. The SMILES string of the molecule is CC(C(=O)OC(C)(C)C)c1ccc(C2=CCCCC2)c(Cl)c1. The summed E-state index contributed by atoms with van der Waals surface area (Å²) in [5.41, 5.74) is 2.86. The van der Waals surface area contributed by atoms with Crippen LogP contribution in [-0.4, -0.2) is 11.6 Å². The van der Waals surface area contributed by atoms with Crippen molar-refractivity contribution >= 4 is 23.1 Å². The quantitative estimate of drug-likeness (QED) is 0.663. The number of carbonyl (C=O) groups excluding carboxylic acids is 1. The fourth-order valence-electron chi connectivity index (χ4n) is 2.67. The number of hydrogen-bond donors (Lipinski definition) is 0. The standard InChI is InChI=1S/C19H25ClO2/c1-13(18(21)22-19(2,3)4)15-10-11-16(17(20)12-15)14-8-6-5-7-9-14/h8,10-13H,5-7,9H2,1-4H3. The van der Waals surface area contributed by atoms with Crippen molar-refractivity contribution in [1.82, 2.24) is 0 Å². The van der Waals surface area contributed by atoms with Gasteiger partial charge < -0.3 is 4.74 Å². The average molecular weight is 321 g/mol. The van der Waals surface area contributed by atoms with E-state index in [1.807, 2.05) is 45.9 Å². The van der Waals surface area contributed by atoms with E-state index in [0.717, 1.165) is 29.0 Å². The van der Waals surface area contributed by atoms with E-state index in [4.69, 9.17) is 16.3 Å². The maximum Gasteiger partial charge on any atom is 0.313 e. The van der Waals surface area contributed by atoms with Crippen LogP contribution in [0.1, 0.15) is 70.4 Å². The molecule has 0 amide bonds. The summed E-state index contributed by atoms with van der Waals surface area (Å²) in [4.78, 5) is 12.2. The van der Waals surface area contributed by atoms with Crippen molar-refractivity contribution in [2.45, 2.75) is 64.9 Å². The van der Waals surface area contributed by atoms with Gasteiger partial charge in [-0.25, -0.2) is 0 Å². The van der Waals surface area contributed by atoms with Gasteiger partial charge in [-0.1, -0.05) is 29.8 Å². The number of hydrogen-bond acceptors (Lipinski definition) is 2. The Hall–Kier alpha value is -1.28. The molecule has 22 heavy (non-hydrogen) atoms. The maximum absolute atomic E-state index is 12.2. The fourth-order valence-corrected chi connectivity index (χ4v) is 2.98. The molecule has 1 aromatic rings. The third-order valence-corrected chi connectivity index (χ3v) is 4.20. The Bertz CT molecular complexity index is 582. The number of esters is 1. The third-order valence-electron chi connectivity index (χ3n) is 3.89. The zero-order valence-electron chi connectivity index (χ0n) is 13.9. The van der Waals surface area contributed by atoms with E-state index in [-0.39, 0.29) is 11.9 Å². The van der Waals surface area contributed by atoms with Crippen LogP contribution < -0.4 is 0 Å². The number of carbonyl (C=O) groups is 1. The highest BCUT2D eigenvalue weighted by Crippen LogP contribution is 2.33. The molecule has 2 nitrogen and oxygen atoms in total. The molecule has 1 aromatic carbocycles. The lowest BCUT2D eigenvalue weighted by atomic mass is 9.91. The van der Waals surface area contributed by atoms with Gasteiger partial charge in [0.1, 0.15) is 5.60 Å². The molecule has 0 radical (unpaired) electrons. The summed E-state index contributed by atoms with van der Waals surface area (Å²) in [6, 6.07) is 5.93. The average Bonchev–Trinajstić information content (AvgIpc) is 2.45. The molecule has 0 saturated carbocycles. The van der Waals surface area contributed by atoms with Crippen LogP contribution >= 0.6 is 11.6 Å².